The molecule has 0 aliphatic heterocycles. The molecule has 226 valence electrons. The first kappa shape index (κ1) is 31.1. The summed E-state index contributed by atoms with van der Waals surface area (Å²) in [4.78, 5) is 0. The summed E-state index contributed by atoms with van der Waals surface area (Å²) < 4.78 is 96.3. The smallest absolute Gasteiger partial charge is 0.426 e. The lowest BCUT2D eigenvalue weighted by atomic mass is 9.69. The van der Waals surface area contributed by atoms with Crippen LogP contribution in [-0.2, 0) is 6.11 Å². The van der Waals surface area contributed by atoms with Crippen LogP contribution < -0.4 is 14.2 Å². The number of hydrogen-bond acceptors (Lipinski definition) is 3. The van der Waals surface area contributed by atoms with E-state index >= 15 is 0 Å². The van der Waals surface area contributed by atoms with E-state index in [1.807, 2.05) is 0 Å². The Labute approximate surface area is 237 Å². The summed E-state index contributed by atoms with van der Waals surface area (Å²) in [5, 5.41) is 0. The van der Waals surface area contributed by atoms with Crippen molar-refractivity contribution >= 4 is 0 Å². The summed E-state index contributed by atoms with van der Waals surface area (Å²) in [7, 11) is 0. The second-order valence-corrected chi connectivity index (χ2v) is 11.4. The number of benzene rings is 2. The molecule has 4 rings (SSSR count). The van der Waals surface area contributed by atoms with E-state index in [2.05, 4.69) is 16.4 Å². The van der Waals surface area contributed by atoms with Crippen LogP contribution in [0.1, 0.15) is 83.1 Å². The van der Waals surface area contributed by atoms with Gasteiger partial charge in [0.05, 0.1) is 12.2 Å². The van der Waals surface area contributed by atoms with Crippen molar-refractivity contribution in [2.24, 2.45) is 23.7 Å². The normalized spacial score (nSPS) is 23.1. The third-order valence-corrected chi connectivity index (χ3v) is 8.58. The minimum absolute atomic E-state index is 0.161. The van der Waals surface area contributed by atoms with Crippen molar-refractivity contribution in [2.75, 3.05) is 6.61 Å². The molecule has 2 fully saturated rings. The molecule has 9 heteroatoms. The van der Waals surface area contributed by atoms with Crippen LogP contribution in [0.25, 0.3) is 0 Å². The van der Waals surface area contributed by atoms with Crippen molar-refractivity contribution < 1.29 is 40.6 Å². The average molecular weight is 585 g/mol. The van der Waals surface area contributed by atoms with Crippen LogP contribution in [-0.4, -0.2) is 6.61 Å². The standard InChI is InChI=1S/C32H38F6O3/c1-2-3-4-21-5-9-23(10-6-21)24-11-7-22(8-12-24)19-39-26-15-13-25(14-16-26)32(37,38)41-27-17-28(33)31(29(34)18-27)40-20-30(35)36/h13-18,20-24H,2-12,19H2,1H3. The van der Waals surface area contributed by atoms with Crippen LogP contribution in [0.3, 0.4) is 0 Å². The zero-order valence-corrected chi connectivity index (χ0v) is 23.3. The minimum atomic E-state index is -3.92. The molecule has 0 unspecified atom stereocenters. The summed E-state index contributed by atoms with van der Waals surface area (Å²) >= 11 is 0. The van der Waals surface area contributed by atoms with Crippen LogP contribution in [0.15, 0.2) is 48.7 Å². The fraction of sp³-hybridized carbons (Fsp3) is 0.562. The molecule has 41 heavy (non-hydrogen) atoms. The van der Waals surface area contributed by atoms with Crippen molar-refractivity contribution in [3.8, 4) is 17.2 Å². The van der Waals surface area contributed by atoms with E-state index in [0.717, 1.165) is 42.7 Å². The van der Waals surface area contributed by atoms with E-state index in [-0.39, 0.29) is 6.26 Å². The molecule has 2 saturated carbocycles. The zero-order chi connectivity index (χ0) is 29.4. The van der Waals surface area contributed by atoms with E-state index in [1.165, 1.54) is 69.9 Å². The number of hydrogen-bond donors (Lipinski definition) is 0. The van der Waals surface area contributed by atoms with E-state index in [0.29, 0.717) is 30.4 Å². The van der Waals surface area contributed by atoms with E-state index in [1.54, 1.807) is 0 Å². The first-order chi connectivity index (χ1) is 19.6. The first-order valence-electron chi connectivity index (χ1n) is 14.6. The van der Waals surface area contributed by atoms with Gasteiger partial charge in [0.15, 0.2) is 23.6 Å². The van der Waals surface area contributed by atoms with Crippen molar-refractivity contribution in [3.05, 3.63) is 65.9 Å². The number of unbranched alkanes of at least 4 members (excludes halogenated alkanes) is 1. The van der Waals surface area contributed by atoms with Gasteiger partial charge in [0.25, 0.3) is 0 Å². The Hall–Kier alpha value is -2.84. The molecule has 2 aromatic rings. The molecule has 2 aromatic carbocycles. The lowest BCUT2D eigenvalue weighted by molar-refractivity contribution is -0.185. The third kappa shape index (κ3) is 8.82. The SMILES string of the molecule is CCCCC1CCC(C2CCC(COc3ccc(C(F)(F)Oc4cc(F)c(OC=C(F)F)c(F)c4)cc3)CC2)CC1. The predicted molar refractivity (Wildman–Crippen MR) is 144 cm³/mol. The fourth-order valence-corrected chi connectivity index (χ4v) is 6.25. The maximum Gasteiger partial charge on any atom is 0.426 e. The van der Waals surface area contributed by atoms with Crippen molar-refractivity contribution in [1.82, 2.24) is 0 Å². The molecule has 0 N–H and O–H groups in total. The molecule has 0 radical (unpaired) electrons. The minimum Gasteiger partial charge on any atom is -0.493 e. The van der Waals surface area contributed by atoms with Gasteiger partial charge in [0, 0.05) is 12.1 Å². The summed E-state index contributed by atoms with van der Waals surface area (Å²) in [6.07, 6.45) is 7.77. The predicted octanol–water partition coefficient (Wildman–Crippen LogP) is 10.4. The van der Waals surface area contributed by atoms with E-state index in [4.69, 9.17) is 4.74 Å². The van der Waals surface area contributed by atoms with E-state index in [9.17, 15) is 26.3 Å². The van der Waals surface area contributed by atoms with Gasteiger partial charge in [-0.3, -0.25) is 0 Å². The molecular weight excluding hydrogens is 546 g/mol. The second-order valence-electron chi connectivity index (χ2n) is 11.4. The van der Waals surface area contributed by atoms with Gasteiger partial charge in [0.2, 0.25) is 0 Å². The van der Waals surface area contributed by atoms with Gasteiger partial charge >= 0.3 is 12.2 Å². The Balaban J connectivity index is 1.23. The summed E-state index contributed by atoms with van der Waals surface area (Å²) in [5.41, 5.74) is -0.543. The molecule has 0 aromatic heterocycles. The molecule has 2 aliphatic carbocycles. The molecule has 0 amide bonds. The van der Waals surface area contributed by atoms with Crippen molar-refractivity contribution in [3.63, 3.8) is 0 Å². The molecule has 2 aliphatic rings. The van der Waals surface area contributed by atoms with Gasteiger partial charge in [0.1, 0.15) is 11.5 Å². The largest absolute Gasteiger partial charge is 0.493 e. The molecule has 0 heterocycles. The summed E-state index contributed by atoms with van der Waals surface area (Å²) in [6.45, 7) is 2.78. The van der Waals surface area contributed by atoms with Gasteiger partial charge in [-0.2, -0.15) is 17.6 Å². The van der Waals surface area contributed by atoms with Crippen LogP contribution in [0.5, 0.6) is 17.2 Å². The molecule has 3 nitrogen and oxygen atoms in total. The highest BCUT2D eigenvalue weighted by atomic mass is 19.3. The van der Waals surface area contributed by atoms with Crippen LogP contribution in [0, 0.1) is 35.3 Å². The average Bonchev–Trinajstić information content (AvgIpc) is 2.95. The van der Waals surface area contributed by atoms with Gasteiger partial charge in [-0.15, -0.1) is 0 Å². The number of ether oxygens (including phenoxy) is 3. The molecular formula is C32H38F6O3. The zero-order valence-electron chi connectivity index (χ0n) is 23.3. The van der Waals surface area contributed by atoms with Gasteiger partial charge in [-0.05, 0) is 86.5 Å². The molecule has 0 bridgehead atoms. The van der Waals surface area contributed by atoms with Crippen LogP contribution in [0.4, 0.5) is 26.3 Å². The van der Waals surface area contributed by atoms with Crippen LogP contribution >= 0.6 is 0 Å². The number of halogens is 6. The highest BCUT2D eigenvalue weighted by molar-refractivity contribution is 5.36. The Bertz CT molecular complexity index is 1110. The van der Waals surface area contributed by atoms with E-state index < -0.39 is 40.9 Å². The highest BCUT2D eigenvalue weighted by Crippen LogP contribution is 2.42. The number of rotatable bonds is 12. The highest BCUT2D eigenvalue weighted by Gasteiger charge is 2.35. The monoisotopic (exact) mass is 584 g/mol. The Kier molecular flexibility index (Phi) is 10.9. The van der Waals surface area contributed by atoms with Gasteiger partial charge < -0.3 is 14.2 Å². The van der Waals surface area contributed by atoms with Gasteiger partial charge in [-0.1, -0.05) is 39.0 Å². The fourth-order valence-electron chi connectivity index (χ4n) is 6.25. The van der Waals surface area contributed by atoms with Crippen molar-refractivity contribution in [1.29, 1.82) is 0 Å². The molecule has 0 saturated heterocycles. The third-order valence-electron chi connectivity index (χ3n) is 8.58. The molecule has 0 spiro atoms. The summed E-state index contributed by atoms with van der Waals surface area (Å²) in [5.74, 6) is -1.47. The van der Waals surface area contributed by atoms with Crippen molar-refractivity contribution in [2.45, 2.75) is 83.7 Å². The first-order valence-corrected chi connectivity index (χ1v) is 14.6. The molecule has 0 atom stereocenters. The lowest BCUT2D eigenvalue weighted by Gasteiger charge is -2.38. The Morgan fingerprint density at radius 3 is 1.93 bits per heavy atom. The Morgan fingerprint density at radius 1 is 0.829 bits per heavy atom. The summed E-state index contributed by atoms with van der Waals surface area (Å²) in [6, 6.07) is 5.93. The maximum absolute atomic E-state index is 14.7. The lowest BCUT2D eigenvalue weighted by Crippen LogP contribution is -2.27. The van der Waals surface area contributed by atoms with Crippen LogP contribution in [0.2, 0.25) is 0 Å². The quantitative estimate of drug-likeness (QED) is 0.184. The maximum atomic E-state index is 14.7. The Morgan fingerprint density at radius 2 is 1.39 bits per heavy atom. The van der Waals surface area contributed by atoms with Gasteiger partial charge in [-0.25, -0.2) is 8.78 Å². The number of alkyl halides is 2. The second kappa shape index (κ2) is 14.4. The topological polar surface area (TPSA) is 27.7 Å².